The molecule has 0 radical (unpaired) electrons. The Kier molecular flexibility index (Phi) is 7.01. The first-order valence-electron chi connectivity index (χ1n) is 5.97. The van der Waals surface area contributed by atoms with Crippen molar-refractivity contribution >= 4 is 17.3 Å². The van der Waals surface area contributed by atoms with Crippen LogP contribution >= 0.6 is 11.6 Å². The molecule has 0 fully saturated rings. The van der Waals surface area contributed by atoms with Gasteiger partial charge in [0.2, 0.25) is 0 Å². The molecule has 0 amide bonds. The maximum Gasteiger partial charge on any atom is 0.0945 e. The van der Waals surface area contributed by atoms with Crippen molar-refractivity contribution < 1.29 is 9.84 Å². The third-order valence-corrected chi connectivity index (χ3v) is 2.55. The summed E-state index contributed by atoms with van der Waals surface area (Å²) in [6, 6.07) is 7.43. The van der Waals surface area contributed by atoms with E-state index in [1.807, 2.05) is 24.3 Å². The second-order valence-corrected chi connectivity index (χ2v) is 4.41. The molecule has 0 bridgehead atoms. The van der Waals surface area contributed by atoms with Crippen molar-refractivity contribution in [1.82, 2.24) is 0 Å². The summed E-state index contributed by atoms with van der Waals surface area (Å²) in [5.41, 5.74) is 0.908. The number of aliphatic hydroxyl groups is 1. The van der Waals surface area contributed by atoms with Gasteiger partial charge in [-0.2, -0.15) is 0 Å². The topological polar surface area (TPSA) is 41.5 Å². The number of nitrogens with one attached hydrogen (secondary N) is 1. The third kappa shape index (κ3) is 6.51. The normalized spacial score (nSPS) is 12.4. The fraction of sp³-hybridized carbons (Fsp3) is 0.538. The Labute approximate surface area is 108 Å². The fourth-order valence-electron chi connectivity index (χ4n) is 1.36. The average Bonchev–Trinajstić information content (AvgIpc) is 2.32. The van der Waals surface area contributed by atoms with Crippen LogP contribution in [0.5, 0.6) is 0 Å². The van der Waals surface area contributed by atoms with Gasteiger partial charge >= 0.3 is 0 Å². The fourth-order valence-corrected chi connectivity index (χ4v) is 1.55. The molecule has 0 aliphatic rings. The Bertz CT molecular complexity index is 320. The Morgan fingerprint density at radius 3 is 3.00 bits per heavy atom. The van der Waals surface area contributed by atoms with Crippen molar-refractivity contribution in [2.24, 2.45) is 0 Å². The van der Waals surface area contributed by atoms with Crippen molar-refractivity contribution in [3.63, 3.8) is 0 Å². The van der Waals surface area contributed by atoms with Gasteiger partial charge in [0.1, 0.15) is 0 Å². The molecular weight excluding hydrogens is 238 g/mol. The summed E-state index contributed by atoms with van der Waals surface area (Å²) in [7, 11) is 0. The molecule has 1 aromatic rings. The number of anilines is 1. The Morgan fingerprint density at radius 2 is 2.29 bits per heavy atom. The predicted octanol–water partition coefficient (Wildman–Crippen LogP) is 2.93. The molecule has 0 saturated heterocycles. The van der Waals surface area contributed by atoms with Crippen LogP contribution in [-0.2, 0) is 4.74 Å². The minimum absolute atomic E-state index is 0.369. The maximum atomic E-state index is 9.66. The molecule has 1 rings (SSSR count). The molecule has 0 aromatic heterocycles. The Hall–Kier alpha value is -0.770. The first kappa shape index (κ1) is 14.3. The van der Waals surface area contributed by atoms with E-state index >= 15 is 0 Å². The van der Waals surface area contributed by atoms with Crippen LogP contribution in [0.15, 0.2) is 24.3 Å². The van der Waals surface area contributed by atoms with Gasteiger partial charge in [0.05, 0.1) is 12.7 Å². The Morgan fingerprint density at radius 1 is 1.47 bits per heavy atom. The quantitative estimate of drug-likeness (QED) is 0.704. The van der Waals surface area contributed by atoms with E-state index in [1.165, 1.54) is 0 Å². The van der Waals surface area contributed by atoms with Gasteiger partial charge in [-0.05, 0) is 24.6 Å². The molecule has 1 unspecified atom stereocenters. The van der Waals surface area contributed by atoms with E-state index in [4.69, 9.17) is 16.3 Å². The third-order valence-electron chi connectivity index (χ3n) is 2.32. The summed E-state index contributed by atoms with van der Waals surface area (Å²) in [6.45, 7) is 3.66. The van der Waals surface area contributed by atoms with Gasteiger partial charge in [0, 0.05) is 23.9 Å². The number of rotatable bonds is 8. The minimum Gasteiger partial charge on any atom is -0.389 e. The molecule has 1 aromatic carbocycles. The lowest BCUT2D eigenvalue weighted by Gasteiger charge is -2.13. The van der Waals surface area contributed by atoms with Crippen LogP contribution in [0.4, 0.5) is 5.69 Å². The molecular formula is C13H20ClNO2. The van der Waals surface area contributed by atoms with Gasteiger partial charge in [-0.25, -0.2) is 0 Å². The van der Waals surface area contributed by atoms with Crippen LogP contribution in [0, 0.1) is 0 Å². The van der Waals surface area contributed by atoms with Crippen LogP contribution in [0.3, 0.4) is 0 Å². The summed E-state index contributed by atoms with van der Waals surface area (Å²) in [5.74, 6) is 0. The van der Waals surface area contributed by atoms with Gasteiger partial charge in [-0.15, -0.1) is 0 Å². The zero-order valence-electron chi connectivity index (χ0n) is 10.2. The number of unbranched alkanes of at least 4 members (excludes halogenated alkanes) is 1. The SMILES string of the molecule is CCCCOCC(O)CNc1cccc(Cl)c1. The molecule has 0 aliphatic carbocycles. The number of halogens is 1. The summed E-state index contributed by atoms with van der Waals surface area (Å²) in [4.78, 5) is 0. The van der Waals surface area contributed by atoms with Crippen molar-refractivity contribution in [3.05, 3.63) is 29.3 Å². The second kappa shape index (κ2) is 8.34. The standard InChI is InChI=1S/C13H20ClNO2/c1-2-3-7-17-10-13(16)9-15-12-6-4-5-11(14)8-12/h4-6,8,13,15-16H,2-3,7,9-10H2,1H3. The highest BCUT2D eigenvalue weighted by Crippen LogP contribution is 2.14. The summed E-state index contributed by atoms with van der Waals surface area (Å²) >= 11 is 5.85. The van der Waals surface area contributed by atoms with E-state index < -0.39 is 6.10 Å². The van der Waals surface area contributed by atoms with E-state index in [1.54, 1.807) is 0 Å². The van der Waals surface area contributed by atoms with Crippen LogP contribution in [0.2, 0.25) is 5.02 Å². The monoisotopic (exact) mass is 257 g/mol. The van der Waals surface area contributed by atoms with E-state index in [0.29, 0.717) is 24.8 Å². The van der Waals surface area contributed by atoms with Gasteiger partial charge < -0.3 is 15.2 Å². The number of aliphatic hydroxyl groups excluding tert-OH is 1. The van der Waals surface area contributed by atoms with Crippen LogP contribution < -0.4 is 5.32 Å². The minimum atomic E-state index is -0.495. The van der Waals surface area contributed by atoms with Gasteiger partial charge in [0.15, 0.2) is 0 Å². The predicted molar refractivity (Wildman–Crippen MR) is 71.7 cm³/mol. The highest BCUT2D eigenvalue weighted by Gasteiger charge is 2.03. The molecule has 0 aliphatic heterocycles. The summed E-state index contributed by atoms with van der Waals surface area (Å²) < 4.78 is 5.33. The second-order valence-electron chi connectivity index (χ2n) is 3.97. The van der Waals surface area contributed by atoms with Gasteiger partial charge in [0.25, 0.3) is 0 Å². The largest absolute Gasteiger partial charge is 0.389 e. The first-order chi connectivity index (χ1) is 8.22. The lowest BCUT2D eigenvalue weighted by molar-refractivity contribution is 0.0422. The molecule has 1 atom stereocenters. The first-order valence-corrected chi connectivity index (χ1v) is 6.35. The van der Waals surface area contributed by atoms with E-state index in [0.717, 1.165) is 18.5 Å². The molecule has 0 saturated carbocycles. The number of hydrogen-bond acceptors (Lipinski definition) is 3. The molecule has 0 spiro atoms. The molecule has 4 heteroatoms. The number of hydrogen-bond donors (Lipinski definition) is 2. The van der Waals surface area contributed by atoms with Crippen LogP contribution in [-0.4, -0.2) is 31.0 Å². The lowest BCUT2D eigenvalue weighted by atomic mass is 10.3. The maximum absolute atomic E-state index is 9.66. The molecule has 17 heavy (non-hydrogen) atoms. The highest BCUT2D eigenvalue weighted by atomic mass is 35.5. The van der Waals surface area contributed by atoms with Gasteiger partial charge in [-0.3, -0.25) is 0 Å². The zero-order chi connectivity index (χ0) is 12.5. The van der Waals surface area contributed by atoms with E-state index in [2.05, 4.69) is 12.2 Å². The van der Waals surface area contributed by atoms with Crippen molar-refractivity contribution in [1.29, 1.82) is 0 Å². The lowest BCUT2D eigenvalue weighted by Crippen LogP contribution is -2.25. The summed E-state index contributed by atoms with van der Waals surface area (Å²) in [5, 5.41) is 13.5. The van der Waals surface area contributed by atoms with Crippen molar-refractivity contribution in [2.45, 2.75) is 25.9 Å². The van der Waals surface area contributed by atoms with Crippen LogP contribution in [0.25, 0.3) is 0 Å². The van der Waals surface area contributed by atoms with Crippen LogP contribution in [0.1, 0.15) is 19.8 Å². The zero-order valence-corrected chi connectivity index (χ0v) is 10.9. The van der Waals surface area contributed by atoms with Crippen molar-refractivity contribution in [2.75, 3.05) is 25.1 Å². The highest BCUT2D eigenvalue weighted by molar-refractivity contribution is 6.30. The van der Waals surface area contributed by atoms with Gasteiger partial charge in [-0.1, -0.05) is 31.0 Å². The smallest absolute Gasteiger partial charge is 0.0945 e. The van der Waals surface area contributed by atoms with Crippen molar-refractivity contribution in [3.8, 4) is 0 Å². The number of ether oxygens (including phenoxy) is 1. The molecule has 96 valence electrons. The van der Waals surface area contributed by atoms with E-state index in [9.17, 15) is 5.11 Å². The number of benzene rings is 1. The molecule has 0 heterocycles. The molecule has 3 nitrogen and oxygen atoms in total. The average molecular weight is 258 g/mol. The Balaban J connectivity index is 2.17. The van der Waals surface area contributed by atoms with E-state index in [-0.39, 0.29) is 0 Å². The summed E-state index contributed by atoms with van der Waals surface area (Å²) in [6.07, 6.45) is 1.65. The molecule has 2 N–H and O–H groups in total.